The molecule has 0 unspecified atom stereocenters. The summed E-state index contributed by atoms with van der Waals surface area (Å²) in [6, 6.07) is 14.6. The largest absolute Gasteiger partial charge is 0.287 e. The van der Waals surface area contributed by atoms with Crippen LogP contribution < -0.4 is 11.1 Å². The summed E-state index contributed by atoms with van der Waals surface area (Å²) in [7, 11) is 0. The molecule has 0 aliphatic heterocycles. The number of pyridine rings is 1. The molecular weight excluding hydrogens is 396 g/mol. The maximum Gasteiger partial charge on any atom is 0.262 e. The van der Waals surface area contributed by atoms with Crippen molar-refractivity contribution >= 4 is 28.3 Å². The van der Waals surface area contributed by atoms with Crippen LogP contribution in [0.25, 0.3) is 16.6 Å². The first-order chi connectivity index (χ1) is 14.4. The Balaban J connectivity index is 1.71. The van der Waals surface area contributed by atoms with Gasteiger partial charge in [-0.05, 0) is 43.5 Å². The molecule has 0 saturated carbocycles. The standard InChI is InChI=1S/C23H24N4O2S/c1-15(2)11-12-26-22(29)18-8-4-5-9-19(18)25-23(26)30-14-17-13-21(28)27-16(3)7-6-10-20(27)24-17/h4-10,13,15H,11-12,14H2,1-3H3. The molecule has 0 saturated heterocycles. The lowest BCUT2D eigenvalue weighted by atomic mass is 10.1. The molecule has 0 bridgehead atoms. The molecule has 1 aromatic carbocycles. The zero-order valence-corrected chi connectivity index (χ0v) is 18.1. The Hall–Kier alpha value is -2.93. The lowest BCUT2D eigenvalue weighted by Crippen LogP contribution is -2.24. The highest BCUT2D eigenvalue weighted by atomic mass is 32.2. The van der Waals surface area contributed by atoms with Gasteiger partial charge in [0, 0.05) is 24.1 Å². The average molecular weight is 421 g/mol. The molecule has 7 heteroatoms. The second kappa shape index (κ2) is 8.44. The lowest BCUT2D eigenvalue weighted by Gasteiger charge is -2.14. The number of para-hydroxylation sites is 1. The van der Waals surface area contributed by atoms with E-state index in [9.17, 15) is 9.59 Å². The highest BCUT2D eigenvalue weighted by Crippen LogP contribution is 2.22. The third-order valence-corrected chi connectivity index (χ3v) is 6.05. The SMILES string of the molecule is Cc1cccc2nc(CSc3nc4ccccc4c(=O)n3CCC(C)C)cc(=O)n12. The van der Waals surface area contributed by atoms with Gasteiger partial charge in [0.05, 0.1) is 16.6 Å². The molecule has 0 spiro atoms. The molecule has 0 atom stereocenters. The molecule has 30 heavy (non-hydrogen) atoms. The van der Waals surface area contributed by atoms with E-state index in [2.05, 4.69) is 18.8 Å². The highest BCUT2D eigenvalue weighted by Gasteiger charge is 2.13. The molecule has 3 aromatic heterocycles. The van der Waals surface area contributed by atoms with E-state index in [1.807, 2.05) is 49.4 Å². The zero-order valence-electron chi connectivity index (χ0n) is 17.3. The number of hydrogen-bond acceptors (Lipinski definition) is 5. The van der Waals surface area contributed by atoms with Gasteiger partial charge in [0.25, 0.3) is 11.1 Å². The highest BCUT2D eigenvalue weighted by molar-refractivity contribution is 7.98. The zero-order chi connectivity index (χ0) is 21.3. The molecule has 0 fully saturated rings. The molecule has 0 radical (unpaired) electrons. The van der Waals surface area contributed by atoms with Crippen molar-refractivity contribution < 1.29 is 0 Å². The fourth-order valence-corrected chi connectivity index (χ4v) is 4.34. The van der Waals surface area contributed by atoms with E-state index in [4.69, 9.17) is 4.98 Å². The summed E-state index contributed by atoms with van der Waals surface area (Å²) in [5.74, 6) is 0.943. The molecular formula is C23H24N4O2S. The van der Waals surface area contributed by atoms with E-state index in [-0.39, 0.29) is 11.1 Å². The molecule has 4 rings (SSSR count). The number of nitrogens with zero attached hydrogens (tertiary/aromatic N) is 4. The number of rotatable bonds is 6. The number of aryl methyl sites for hydroxylation is 1. The Bertz CT molecular complexity index is 1340. The summed E-state index contributed by atoms with van der Waals surface area (Å²) >= 11 is 1.44. The summed E-state index contributed by atoms with van der Waals surface area (Å²) in [6.45, 7) is 6.78. The number of thioether (sulfide) groups is 1. The summed E-state index contributed by atoms with van der Waals surface area (Å²) in [6.07, 6.45) is 0.891. The van der Waals surface area contributed by atoms with Crippen LogP contribution in [0.5, 0.6) is 0 Å². The van der Waals surface area contributed by atoms with Crippen LogP contribution in [0.1, 0.15) is 31.7 Å². The third kappa shape index (κ3) is 4.03. The minimum atomic E-state index is -0.0997. The van der Waals surface area contributed by atoms with E-state index in [0.29, 0.717) is 45.6 Å². The molecule has 0 amide bonds. The van der Waals surface area contributed by atoms with E-state index >= 15 is 0 Å². The Morgan fingerprint density at radius 2 is 1.83 bits per heavy atom. The molecule has 0 aliphatic rings. The van der Waals surface area contributed by atoms with E-state index in [0.717, 1.165) is 12.1 Å². The minimum absolute atomic E-state index is 0.0223. The molecule has 4 aromatic rings. The molecule has 6 nitrogen and oxygen atoms in total. The fourth-order valence-electron chi connectivity index (χ4n) is 3.42. The van der Waals surface area contributed by atoms with Crippen molar-refractivity contribution in [3.63, 3.8) is 0 Å². The molecule has 3 heterocycles. The van der Waals surface area contributed by atoms with Crippen molar-refractivity contribution in [3.8, 4) is 0 Å². The van der Waals surface area contributed by atoms with Gasteiger partial charge in [-0.25, -0.2) is 9.97 Å². The Morgan fingerprint density at radius 3 is 2.63 bits per heavy atom. The van der Waals surface area contributed by atoms with Gasteiger partial charge in [0.15, 0.2) is 5.16 Å². The van der Waals surface area contributed by atoms with Gasteiger partial charge in [0.2, 0.25) is 0 Å². The van der Waals surface area contributed by atoms with Gasteiger partial charge in [-0.1, -0.05) is 43.8 Å². The maximum absolute atomic E-state index is 13.1. The van der Waals surface area contributed by atoms with Crippen LogP contribution in [-0.2, 0) is 12.3 Å². The van der Waals surface area contributed by atoms with Crippen LogP contribution in [0.2, 0.25) is 0 Å². The van der Waals surface area contributed by atoms with Crippen molar-refractivity contribution in [2.45, 2.75) is 44.6 Å². The summed E-state index contributed by atoms with van der Waals surface area (Å²) in [4.78, 5) is 35.0. The number of fused-ring (bicyclic) bond motifs is 2. The van der Waals surface area contributed by atoms with Crippen LogP contribution in [-0.4, -0.2) is 18.9 Å². The Morgan fingerprint density at radius 1 is 1.03 bits per heavy atom. The summed E-state index contributed by atoms with van der Waals surface area (Å²) in [5.41, 5.74) is 2.72. The molecule has 0 aliphatic carbocycles. The topological polar surface area (TPSA) is 69.3 Å². The first-order valence-corrected chi connectivity index (χ1v) is 11.0. The van der Waals surface area contributed by atoms with Crippen molar-refractivity contribution in [1.82, 2.24) is 18.9 Å². The van der Waals surface area contributed by atoms with Crippen molar-refractivity contribution in [2.24, 2.45) is 5.92 Å². The van der Waals surface area contributed by atoms with E-state index in [1.54, 1.807) is 15.0 Å². The van der Waals surface area contributed by atoms with Crippen LogP contribution in [0.4, 0.5) is 0 Å². The van der Waals surface area contributed by atoms with Crippen LogP contribution in [0, 0.1) is 12.8 Å². The monoisotopic (exact) mass is 420 g/mol. The quantitative estimate of drug-likeness (QED) is 0.348. The van der Waals surface area contributed by atoms with Crippen LogP contribution in [0.3, 0.4) is 0 Å². The number of benzene rings is 1. The van der Waals surface area contributed by atoms with E-state index < -0.39 is 0 Å². The van der Waals surface area contributed by atoms with Gasteiger partial charge in [-0.15, -0.1) is 0 Å². The molecule has 0 N–H and O–H groups in total. The lowest BCUT2D eigenvalue weighted by molar-refractivity contribution is 0.481. The van der Waals surface area contributed by atoms with Crippen LogP contribution >= 0.6 is 11.8 Å². The van der Waals surface area contributed by atoms with Crippen molar-refractivity contribution in [3.05, 3.63) is 80.6 Å². The summed E-state index contributed by atoms with van der Waals surface area (Å²) in [5, 5.41) is 1.29. The number of hydrogen-bond donors (Lipinski definition) is 0. The van der Waals surface area contributed by atoms with Gasteiger partial charge in [-0.3, -0.25) is 18.6 Å². The van der Waals surface area contributed by atoms with Gasteiger partial charge in [-0.2, -0.15) is 0 Å². The number of aromatic nitrogens is 4. The third-order valence-electron chi connectivity index (χ3n) is 5.04. The van der Waals surface area contributed by atoms with Crippen molar-refractivity contribution in [1.29, 1.82) is 0 Å². The normalized spacial score (nSPS) is 11.6. The van der Waals surface area contributed by atoms with E-state index in [1.165, 1.54) is 11.8 Å². The Labute approximate surface area is 178 Å². The Kier molecular flexibility index (Phi) is 5.72. The van der Waals surface area contributed by atoms with Gasteiger partial charge >= 0.3 is 0 Å². The second-order valence-corrected chi connectivity index (χ2v) is 8.73. The minimum Gasteiger partial charge on any atom is -0.287 e. The first kappa shape index (κ1) is 20.3. The van der Waals surface area contributed by atoms with Gasteiger partial charge in [0.1, 0.15) is 5.65 Å². The molecule has 154 valence electrons. The predicted molar refractivity (Wildman–Crippen MR) is 121 cm³/mol. The maximum atomic E-state index is 13.1. The predicted octanol–water partition coefficient (Wildman–Crippen LogP) is 4.05. The fraction of sp³-hybridized carbons (Fsp3) is 0.304. The van der Waals surface area contributed by atoms with Gasteiger partial charge < -0.3 is 0 Å². The van der Waals surface area contributed by atoms with Crippen LogP contribution in [0.15, 0.2) is 63.3 Å². The average Bonchev–Trinajstić information content (AvgIpc) is 2.71. The summed E-state index contributed by atoms with van der Waals surface area (Å²) < 4.78 is 3.35. The second-order valence-electron chi connectivity index (χ2n) is 7.79. The first-order valence-electron chi connectivity index (χ1n) is 10.0. The smallest absolute Gasteiger partial charge is 0.262 e. The van der Waals surface area contributed by atoms with Crippen molar-refractivity contribution in [2.75, 3.05) is 0 Å².